The lowest BCUT2D eigenvalue weighted by Gasteiger charge is -2.39. The van der Waals surface area contributed by atoms with Crippen LogP contribution in [0.5, 0.6) is 0 Å². The van der Waals surface area contributed by atoms with E-state index in [0.29, 0.717) is 19.7 Å². The molecule has 0 aliphatic carbocycles. The molecular weight excluding hydrogens is 559 g/mol. The number of para-hydroxylation sites is 2. The third-order valence-electron chi connectivity index (χ3n) is 7.63. The van der Waals surface area contributed by atoms with E-state index in [-0.39, 0.29) is 48.9 Å². The lowest BCUT2D eigenvalue weighted by Crippen LogP contribution is -2.48. The van der Waals surface area contributed by atoms with Crippen molar-refractivity contribution in [2.24, 2.45) is 0 Å². The minimum Gasteiger partial charge on any atom is -0.466 e. The molecule has 0 spiro atoms. The van der Waals surface area contributed by atoms with Crippen LogP contribution in [-0.4, -0.2) is 64.2 Å². The van der Waals surface area contributed by atoms with Crippen molar-refractivity contribution in [2.75, 3.05) is 39.3 Å². The Balaban J connectivity index is 0.00000231. The number of piperazine rings is 1. The number of aromatic nitrogens is 2. The second kappa shape index (κ2) is 15.8. The lowest BCUT2D eigenvalue weighted by molar-refractivity contribution is -0.143. The van der Waals surface area contributed by atoms with Crippen molar-refractivity contribution in [2.45, 2.75) is 38.9 Å². The maximum absolute atomic E-state index is 13.3. The summed E-state index contributed by atoms with van der Waals surface area (Å²) in [6, 6.07) is 29.6. The minimum atomic E-state index is -0.276. The van der Waals surface area contributed by atoms with Crippen LogP contribution >= 0.6 is 24.8 Å². The molecular formula is C32H40Cl2N4O3. The number of rotatable bonds is 11. The van der Waals surface area contributed by atoms with E-state index in [1.165, 1.54) is 11.1 Å². The van der Waals surface area contributed by atoms with Crippen molar-refractivity contribution in [3.8, 4) is 0 Å². The summed E-state index contributed by atoms with van der Waals surface area (Å²) < 4.78 is 8.62. The average Bonchev–Trinajstić information content (AvgIpc) is 3.24. The second-order valence-electron chi connectivity index (χ2n) is 10.1. The van der Waals surface area contributed by atoms with Crippen LogP contribution in [0.3, 0.4) is 0 Å². The molecule has 220 valence electrons. The van der Waals surface area contributed by atoms with Crippen LogP contribution in [0.25, 0.3) is 11.0 Å². The number of ether oxygens (including phenoxy) is 1. The number of nitrogens with zero attached hydrogens (tertiary/aromatic N) is 4. The van der Waals surface area contributed by atoms with E-state index in [4.69, 9.17) is 4.74 Å². The van der Waals surface area contributed by atoms with Gasteiger partial charge in [-0.25, -0.2) is 4.79 Å². The van der Waals surface area contributed by atoms with Crippen molar-refractivity contribution in [1.29, 1.82) is 0 Å². The maximum atomic E-state index is 13.3. The van der Waals surface area contributed by atoms with Gasteiger partial charge in [0.05, 0.1) is 30.1 Å². The van der Waals surface area contributed by atoms with Gasteiger partial charge < -0.3 is 9.64 Å². The number of halogens is 2. The number of imidazole rings is 1. The Morgan fingerprint density at radius 2 is 1.24 bits per heavy atom. The Morgan fingerprint density at radius 3 is 1.78 bits per heavy atom. The SMILES string of the molecule is CCOC(=O)CCn1c(=O)n(CCCN2CCN(C(c3ccccc3)c3ccccc3)CC2)c2ccccc21.Cl.Cl. The Hall–Kier alpha value is -3.10. The molecule has 9 heteroatoms. The predicted octanol–water partition coefficient (Wildman–Crippen LogP) is 5.40. The number of hydrogen-bond donors (Lipinski definition) is 0. The smallest absolute Gasteiger partial charge is 0.329 e. The first-order valence-corrected chi connectivity index (χ1v) is 14.1. The third-order valence-corrected chi connectivity index (χ3v) is 7.63. The molecule has 41 heavy (non-hydrogen) atoms. The number of fused-ring (bicyclic) bond motifs is 1. The van der Waals surface area contributed by atoms with Crippen molar-refractivity contribution in [1.82, 2.24) is 18.9 Å². The summed E-state index contributed by atoms with van der Waals surface area (Å²) in [5.74, 6) is -0.276. The molecule has 1 aliphatic rings. The van der Waals surface area contributed by atoms with Gasteiger partial charge in [0, 0.05) is 39.3 Å². The van der Waals surface area contributed by atoms with Crippen LogP contribution in [0.2, 0.25) is 0 Å². The molecule has 1 aliphatic heterocycles. The van der Waals surface area contributed by atoms with Gasteiger partial charge in [0.2, 0.25) is 0 Å². The van der Waals surface area contributed by atoms with Crippen LogP contribution in [-0.2, 0) is 22.6 Å². The van der Waals surface area contributed by atoms with Crippen molar-refractivity contribution < 1.29 is 9.53 Å². The molecule has 0 N–H and O–H groups in total. The molecule has 0 saturated carbocycles. The van der Waals surface area contributed by atoms with Crippen LogP contribution in [0.15, 0.2) is 89.7 Å². The molecule has 2 heterocycles. The number of carbonyl (C=O) groups excluding carboxylic acids is 1. The first kappa shape index (κ1) is 32.4. The molecule has 0 radical (unpaired) electrons. The minimum absolute atomic E-state index is 0. The van der Waals surface area contributed by atoms with Crippen LogP contribution in [0.1, 0.15) is 36.9 Å². The summed E-state index contributed by atoms with van der Waals surface area (Å²) in [4.78, 5) is 30.3. The Morgan fingerprint density at radius 1 is 0.732 bits per heavy atom. The number of aryl methyl sites for hydroxylation is 2. The van der Waals surface area contributed by atoms with Crippen molar-refractivity contribution >= 4 is 41.8 Å². The fraction of sp³-hybridized carbons (Fsp3) is 0.375. The largest absolute Gasteiger partial charge is 0.466 e. The quantitative estimate of drug-likeness (QED) is 0.216. The van der Waals surface area contributed by atoms with Gasteiger partial charge in [0.25, 0.3) is 0 Å². The van der Waals surface area contributed by atoms with Crippen LogP contribution in [0, 0.1) is 0 Å². The van der Waals surface area contributed by atoms with Gasteiger partial charge in [-0.1, -0.05) is 72.8 Å². The highest BCUT2D eigenvalue weighted by atomic mass is 35.5. The molecule has 3 aromatic carbocycles. The van der Waals surface area contributed by atoms with Gasteiger partial charge in [0.15, 0.2) is 0 Å². The fourth-order valence-corrected chi connectivity index (χ4v) is 5.72. The monoisotopic (exact) mass is 598 g/mol. The number of carbonyl (C=O) groups is 1. The number of esters is 1. The predicted molar refractivity (Wildman–Crippen MR) is 169 cm³/mol. The summed E-state index contributed by atoms with van der Waals surface area (Å²) in [5.41, 5.74) is 4.39. The van der Waals surface area contributed by atoms with Crippen molar-refractivity contribution in [3.05, 3.63) is 107 Å². The zero-order valence-electron chi connectivity index (χ0n) is 23.6. The lowest BCUT2D eigenvalue weighted by atomic mass is 9.96. The van der Waals surface area contributed by atoms with Gasteiger partial charge in [-0.05, 0) is 43.1 Å². The zero-order chi connectivity index (χ0) is 27.0. The first-order chi connectivity index (χ1) is 19.2. The van der Waals surface area contributed by atoms with Crippen LogP contribution in [0.4, 0.5) is 0 Å². The summed E-state index contributed by atoms with van der Waals surface area (Å²) in [7, 11) is 0. The Kier molecular flexibility index (Phi) is 12.5. The van der Waals surface area contributed by atoms with Gasteiger partial charge >= 0.3 is 11.7 Å². The first-order valence-electron chi connectivity index (χ1n) is 14.1. The second-order valence-corrected chi connectivity index (χ2v) is 10.1. The molecule has 1 fully saturated rings. The summed E-state index contributed by atoms with van der Waals surface area (Å²) in [5, 5.41) is 0. The topological polar surface area (TPSA) is 59.7 Å². The van der Waals surface area contributed by atoms with Gasteiger partial charge in [-0.3, -0.25) is 18.8 Å². The highest BCUT2D eigenvalue weighted by molar-refractivity contribution is 5.85. The Bertz CT molecular complexity index is 1380. The van der Waals surface area contributed by atoms with Gasteiger partial charge in [-0.2, -0.15) is 0 Å². The van der Waals surface area contributed by atoms with Gasteiger partial charge in [-0.15, -0.1) is 24.8 Å². The molecule has 0 atom stereocenters. The van der Waals surface area contributed by atoms with Gasteiger partial charge in [0.1, 0.15) is 0 Å². The number of hydrogen-bond acceptors (Lipinski definition) is 5. The molecule has 1 saturated heterocycles. The Labute approximate surface area is 254 Å². The van der Waals surface area contributed by atoms with E-state index in [0.717, 1.165) is 50.2 Å². The molecule has 5 rings (SSSR count). The molecule has 1 aromatic heterocycles. The molecule has 7 nitrogen and oxygen atoms in total. The molecule has 0 amide bonds. The normalized spacial score (nSPS) is 14.0. The highest BCUT2D eigenvalue weighted by Crippen LogP contribution is 2.29. The molecule has 0 bridgehead atoms. The van der Waals surface area contributed by atoms with E-state index in [1.807, 2.05) is 28.8 Å². The standard InChI is InChI=1S/C32H38N4O3.2ClH/c1-2-39-30(37)18-21-36-29-17-10-9-16-28(29)35(32(36)38)20-11-19-33-22-24-34(25-23-33)31(26-12-5-3-6-13-26)27-14-7-4-8-15-27;;/h3-10,12-17,31H,2,11,18-25H2,1H3;2*1H. The summed E-state index contributed by atoms with van der Waals surface area (Å²) in [6.45, 7) is 8.09. The third kappa shape index (κ3) is 7.80. The number of benzene rings is 3. The maximum Gasteiger partial charge on any atom is 0.329 e. The van der Waals surface area contributed by atoms with E-state index in [2.05, 4.69) is 70.5 Å². The van der Waals surface area contributed by atoms with E-state index >= 15 is 0 Å². The average molecular weight is 600 g/mol. The van der Waals surface area contributed by atoms with E-state index in [1.54, 1.807) is 11.5 Å². The van der Waals surface area contributed by atoms with Crippen molar-refractivity contribution in [3.63, 3.8) is 0 Å². The van der Waals surface area contributed by atoms with E-state index < -0.39 is 0 Å². The fourth-order valence-electron chi connectivity index (χ4n) is 5.72. The highest BCUT2D eigenvalue weighted by Gasteiger charge is 2.26. The van der Waals surface area contributed by atoms with Crippen LogP contribution < -0.4 is 5.69 Å². The van der Waals surface area contributed by atoms with E-state index in [9.17, 15) is 9.59 Å². The molecule has 0 unspecified atom stereocenters. The summed E-state index contributed by atoms with van der Waals surface area (Å²) >= 11 is 0. The zero-order valence-corrected chi connectivity index (χ0v) is 25.2. The molecule has 4 aromatic rings. The summed E-state index contributed by atoms with van der Waals surface area (Å²) in [6.07, 6.45) is 1.09.